The topological polar surface area (TPSA) is 105 Å². The standard InChI is InChI=1S/C18H18N4O4/c1-25-15-8-7-11(9-16(15)26-2)20-18(24)19-10-14-12-5-3-4-6-13(12)17(23)22-21-14/h3-9H,10H2,1-2H3,(H,22,23)(H2,19,20,24). The molecule has 3 N–H and O–H groups in total. The molecule has 3 rings (SSSR count). The van der Waals surface area contributed by atoms with Crippen molar-refractivity contribution in [3.05, 3.63) is 58.5 Å². The van der Waals surface area contributed by atoms with Crippen LogP contribution in [0.5, 0.6) is 11.5 Å². The predicted octanol–water partition coefficient (Wildman–Crippen LogP) is 2.26. The fourth-order valence-corrected chi connectivity index (χ4v) is 2.56. The van der Waals surface area contributed by atoms with Crippen LogP contribution < -0.4 is 25.7 Å². The summed E-state index contributed by atoms with van der Waals surface area (Å²) in [4.78, 5) is 23.9. The Morgan fingerprint density at radius 2 is 1.81 bits per heavy atom. The third-order valence-electron chi connectivity index (χ3n) is 3.83. The van der Waals surface area contributed by atoms with E-state index in [-0.39, 0.29) is 12.1 Å². The Kier molecular flexibility index (Phi) is 5.02. The number of H-pyrrole nitrogens is 1. The minimum Gasteiger partial charge on any atom is -0.493 e. The van der Waals surface area contributed by atoms with E-state index in [2.05, 4.69) is 20.8 Å². The summed E-state index contributed by atoms with van der Waals surface area (Å²) in [5, 5.41) is 13.1. The van der Waals surface area contributed by atoms with Gasteiger partial charge in [0.05, 0.1) is 31.8 Å². The third kappa shape index (κ3) is 3.59. The van der Waals surface area contributed by atoms with Gasteiger partial charge in [0.1, 0.15) is 0 Å². The Hall–Kier alpha value is -3.55. The van der Waals surface area contributed by atoms with Crippen LogP contribution in [0.4, 0.5) is 10.5 Å². The van der Waals surface area contributed by atoms with E-state index in [1.165, 1.54) is 7.11 Å². The molecule has 0 saturated heterocycles. The second kappa shape index (κ2) is 7.56. The molecule has 0 aliphatic rings. The number of amides is 2. The molecule has 1 heterocycles. The number of nitrogens with one attached hydrogen (secondary N) is 3. The van der Waals surface area contributed by atoms with Crippen molar-refractivity contribution in [2.24, 2.45) is 0 Å². The number of benzene rings is 2. The Morgan fingerprint density at radius 3 is 2.54 bits per heavy atom. The first-order valence-electron chi connectivity index (χ1n) is 7.85. The molecule has 0 atom stereocenters. The molecule has 8 heteroatoms. The van der Waals surface area contributed by atoms with Crippen molar-refractivity contribution >= 4 is 22.5 Å². The molecular formula is C18H18N4O4. The number of fused-ring (bicyclic) bond motifs is 1. The minimum absolute atomic E-state index is 0.163. The van der Waals surface area contributed by atoms with Crippen LogP contribution in [0, 0.1) is 0 Å². The van der Waals surface area contributed by atoms with E-state index in [1.807, 2.05) is 6.07 Å². The van der Waals surface area contributed by atoms with Crippen LogP contribution >= 0.6 is 0 Å². The lowest BCUT2D eigenvalue weighted by atomic mass is 10.1. The lowest BCUT2D eigenvalue weighted by molar-refractivity contribution is 0.251. The number of carbonyl (C=O) groups is 1. The summed E-state index contributed by atoms with van der Waals surface area (Å²) in [5.41, 5.74) is 0.862. The van der Waals surface area contributed by atoms with Gasteiger partial charge in [-0.15, -0.1) is 0 Å². The van der Waals surface area contributed by atoms with Gasteiger partial charge in [-0.1, -0.05) is 18.2 Å². The number of ether oxygens (including phenoxy) is 2. The van der Waals surface area contributed by atoms with Crippen molar-refractivity contribution in [1.29, 1.82) is 0 Å². The van der Waals surface area contributed by atoms with Gasteiger partial charge < -0.3 is 20.1 Å². The maximum Gasteiger partial charge on any atom is 0.319 e. The smallest absolute Gasteiger partial charge is 0.319 e. The first kappa shape index (κ1) is 17.3. The first-order chi connectivity index (χ1) is 12.6. The minimum atomic E-state index is -0.408. The number of hydrogen-bond donors (Lipinski definition) is 3. The number of aromatic amines is 1. The highest BCUT2D eigenvalue weighted by molar-refractivity contribution is 5.90. The Morgan fingerprint density at radius 1 is 1.08 bits per heavy atom. The van der Waals surface area contributed by atoms with Crippen LogP contribution in [0.1, 0.15) is 5.69 Å². The second-order valence-corrected chi connectivity index (χ2v) is 5.42. The summed E-state index contributed by atoms with van der Waals surface area (Å²) in [5.74, 6) is 1.08. The monoisotopic (exact) mass is 354 g/mol. The van der Waals surface area contributed by atoms with Crippen LogP contribution in [0.15, 0.2) is 47.3 Å². The number of nitrogens with zero attached hydrogens (tertiary/aromatic N) is 1. The quantitative estimate of drug-likeness (QED) is 0.652. The van der Waals surface area contributed by atoms with E-state index in [0.717, 1.165) is 0 Å². The highest BCUT2D eigenvalue weighted by Crippen LogP contribution is 2.29. The van der Waals surface area contributed by atoms with Crippen LogP contribution in [-0.4, -0.2) is 30.4 Å². The van der Waals surface area contributed by atoms with Crippen LogP contribution in [-0.2, 0) is 6.54 Å². The molecule has 2 amide bonds. The molecule has 1 aromatic heterocycles. The second-order valence-electron chi connectivity index (χ2n) is 5.42. The highest BCUT2D eigenvalue weighted by Gasteiger charge is 2.09. The molecule has 0 aliphatic carbocycles. The number of rotatable bonds is 5. The van der Waals surface area contributed by atoms with Crippen molar-refractivity contribution in [3.8, 4) is 11.5 Å². The molecule has 2 aromatic carbocycles. The molecule has 0 radical (unpaired) electrons. The van der Waals surface area contributed by atoms with Gasteiger partial charge >= 0.3 is 6.03 Å². The molecule has 0 saturated carbocycles. The fourth-order valence-electron chi connectivity index (χ4n) is 2.56. The summed E-state index contributed by atoms with van der Waals surface area (Å²) in [6.07, 6.45) is 0. The number of hydrogen-bond acceptors (Lipinski definition) is 5. The molecule has 0 spiro atoms. The molecule has 0 aliphatic heterocycles. The summed E-state index contributed by atoms with van der Waals surface area (Å²) >= 11 is 0. The van der Waals surface area contributed by atoms with E-state index in [0.29, 0.717) is 33.7 Å². The van der Waals surface area contributed by atoms with Crippen LogP contribution in [0.25, 0.3) is 10.8 Å². The highest BCUT2D eigenvalue weighted by atomic mass is 16.5. The Balaban J connectivity index is 1.70. The zero-order valence-corrected chi connectivity index (χ0v) is 14.3. The third-order valence-corrected chi connectivity index (χ3v) is 3.83. The molecular weight excluding hydrogens is 336 g/mol. The maximum absolute atomic E-state index is 12.1. The average molecular weight is 354 g/mol. The summed E-state index contributed by atoms with van der Waals surface area (Å²) < 4.78 is 10.4. The summed E-state index contributed by atoms with van der Waals surface area (Å²) in [6, 6.07) is 11.7. The maximum atomic E-state index is 12.1. The van der Waals surface area contributed by atoms with E-state index >= 15 is 0 Å². The van der Waals surface area contributed by atoms with Gasteiger partial charge in [0, 0.05) is 17.1 Å². The Labute approximate surface area is 149 Å². The Bertz CT molecular complexity index is 1000. The zero-order valence-electron chi connectivity index (χ0n) is 14.3. The van der Waals surface area contributed by atoms with Crippen LogP contribution in [0.2, 0.25) is 0 Å². The first-order valence-corrected chi connectivity index (χ1v) is 7.85. The fraction of sp³-hybridized carbons (Fsp3) is 0.167. The summed E-state index contributed by atoms with van der Waals surface area (Å²) in [6.45, 7) is 0.163. The van der Waals surface area contributed by atoms with Crippen molar-refractivity contribution in [1.82, 2.24) is 15.5 Å². The lowest BCUT2D eigenvalue weighted by Crippen LogP contribution is -2.29. The molecule has 0 unspecified atom stereocenters. The predicted molar refractivity (Wildman–Crippen MR) is 97.8 cm³/mol. The number of urea groups is 1. The van der Waals surface area contributed by atoms with E-state index < -0.39 is 6.03 Å². The molecule has 26 heavy (non-hydrogen) atoms. The molecule has 134 valence electrons. The van der Waals surface area contributed by atoms with Crippen LogP contribution in [0.3, 0.4) is 0 Å². The van der Waals surface area contributed by atoms with Crippen molar-refractivity contribution in [2.45, 2.75) is 6.54 Å². The van der Waals surface area contributed by atoms with Gasteiger partial charge in [-0.25, -0.2) is 9.89 Å². The van der Waals surface area contributed by atoms with Gasteiger partial charge in [-0.3, -0.25) is 4.79 Å². The molecule has 0 bridgehead atoms. The van der Waals surface area contributed by atoms with E-state index in [1.54, 1.807) is 43.5 Å². The van der Waals surface area contributed by atoms with Gasteiger partial charge in [-0.2, -0.15) is 5.10 Å². The molecule has 8 nitrogen and oxygen atoms in total. The van der Waals surface area contributed by atoms with E-state index in [4.69, 9.17) is 9.47 Å². The van der Waals surface area contributed by atoms with Gasteiger partial charge in [0.15, 0.2) is 11.5 Å². The number of aromatic nitrogens is 2. The number of anilines is 1. The summed E-state index contributed by atoms with van der Waals surface area (Å²) in [7, 11) is 3.06. The molecule has 0 fully saturated rings. The van der Waals surface area contributed by atoms with Crippen molar-refractivity contribution in [2.75, 3.05) is 19.5 Å². The number of methoxy groups -OCH3 is 2. The largest absolute Gasteiger partial charge is 0.493 e. The van der Waals surface area contributed by atoms with Crippen molar-refractivity contribution in [3.63, 3.8) is 0 Å². The zero-order chi connectivity index (χ0) is 18.5. The van der Waals surface area contributed by atoms with Gasteiger partial charge in [-0.05, 0) is 18.2 Å². The van der Waals surface area contributed by atoms with Gasteiger partial charge in [0.2, 0.25) is 0 Å². The van der Waals surface area contributed by atoms with E-state index in [9.17, 15) is 9.59 Å². The molecule has 3 aromatic rings. The SMILES string of the molecule is COc1ccc(NC(=O)NCc2n[nH]c(=O)c3ccccc23)cc1OC. The van der Waals surface area contributed by atoms with Crippen molar-refractivity contribution < 1.29 is 14.3 Å². The van der Waals surface area contributed by atoms with Gasteiger partial charge in [0.25, 0.3) is 5.56 Å². The number of carbonyl (C=O) groups excluding carboxylic acids is 1. The normalized spacial score (nSPS) is 10.4. The lowest BCUT2D eigenvalue weighted by Gasteiger charge is -2.11. The average Bonchev–Trinajstić information content (AvgIpc) is 2.67.